The van der Waals surface area contributed by atoms with Gasteiger partial charge in [-0.05, 0) is 44.0 Å². The van der Waals surface area contributed by atoms with Crippen LogP contribution in [0.15, 0.2) is 22.7 Å². The molecule has 0 bridgehead atoms. The Hall–Kier alpha value is -0.940. The maximum absolute atomic E-state index is 14.0. The zero-order valence-electron chi connectivity index (χ0n) is 10.9. The third kappa shape index (κ3) is 2.67. The summed E-state index contributed by atoms with van der Waals surface area (Å²) in [6.07, 6.45) is 0.350. The second kappa shape index (κ2) is 4.87. The number of hydrogen-bond donors (Lipinski definition) is 1. The van der Waals surface area contributed by atoms with Crippen molar-refractivity contribution in [1.29, 1.82) is 0 Å². The SMILES string of the molecule is CC(C)(CC1(c2cc(Br)ccc2F)COC1)C(=O)O. The molecular weight excluding hydrogens is 315 g/mol. The Morgan fingerprint density at radius 2 is 2.16 bits per heavy atom. The van der Waals surface area contributed by atoms with Crippen LogP contribution in [0.1, 0.15) is 25.8 Å². The van der Waals surface area contributed by atoms with Crippen molar-refractivity contribution in [2.75, 3.05) is 13.2 Å². The first kappa shape index (κ1) is 14.5. The van der Waals surface area contributed by atoms with Gasteiger partial charge in [-0.3, -0.25) is 4.79 Å². The molecule has 1 aromatic rings. The molecule has 19 heavy (non-hydrogen) atoms. The third-order valence-electron chi connectivity index (χ3n) is 3.62. The molecule has 104 valence electrons. The smallest absolute Gasteiger partial charge is 0.309 e. The highest BCUT2D eigenvalue weighted by Crippen LogP contribution is 2.44. The van der Waals surface area contributed by atoms with Crippen molar-refractivity contribution >= 4 is 21.9 Å². The standard InChI is InChI=1S/C14H16BrFO3/c1-13(2,12(17)18)6-14(7-19-8-14)10-5-9(15)3-4-11(10)16/h3-5H,6-8H2,1-2H3,(H,17,18). The van der Waals surface area contributed by atoms with E-state index in [4.69, 9.17) is 4.74 Å². The highest BCUT2D eigenvalue weighted by atomic mass is 79.9. The van der Waals surface area contributed by atoms with Gasteiger partial charge >= 0.3 is 5.97 Å². The lowest BCUT2D eigenvalue weighted by molar-refractivity contribution is -0.152. The summed E-state index contributed by atoms with van der Waals surface area (Å²) in [5.74, 6) is -1.19. The van der Waals surface area contributed by atoms with E-state index in [0.29, 0.717) is 25.2 Å². The summed E-state index contributed by atoms with van der Waals surface area (Å²) < 4.78 is 20.1. The average molecular weight is 331 g/mol. The summed E-state index contributed by atoms with van der Waals surface area (Å²) in [4.78, 5) is 11.3. The van der Waals surface area contributed by atoms with Crippen molar-refractivity contribution in [3.05, 3.63) is 34.1 Å². The fourth-order valence-corrected chi connectivity index (χ4v) is 2.89. The zero-order chi connectivity index (χ0) is 14.3. The minimum absolute atomic E-state index is 0.312. The lowest BCUT2D eigenvalue weighted by Gasteiger charge is -2.45. The van der Waals surface area contributed by atoms with Crippen molar-refractivity contribution in [3.8, 4) is 0 Å². The second-order valence-electron chi connectivity index (χ2n) is 5.76. The summed E-state index contributed by atoms with van der Waals surface area (Å²) in [5, 5.41) is 9.25. The molecule has 1 heterocycles. The second-order valence-corrected chi connectivity index (χ2v) is 6.68. The molecule has 0 spiro atoms. The number of rotatable bonds is 4. The molecule has 1 fully saturated rings. The van der Waals surface area contributed by atoms with Crippen LogP contribution < -0.4 is 0 Å². The molecule has 1 aliphatic rings. The maximum atomic E-state index is 14.0. The van der Waals surface area contributed by atoms with Crippen molar-refractivity contribution in [2.24, 2.45) is 5.41 Å². The first-order valence-electron chi connectivity index (χ1n) is 6.04. The van der Waals surface area contributed by atoms with Crippen LogP contribution in [-0.2, 0) is 14.9 Å². The van der Waals surface area contributed by atoms with Crippen molar-refractivity contribution in [2.45, 2.75) is 25.7 Å². The Labute approximate surface area is 119 Å². The number of carboxylic acids is 1. The quantitative estimate of drug-likeness (QED) is 0.920. The van der Waals surface area contributed by atoms with Crippen LogP contribution in [0, 0.1) is 11.2 Å². The zero-order valence-corrected chi connectivity index (χ0v) is 12.5. The number of carboxylic acid groups (broad SMARTS) is 1. The Bertz CT molecular complexity index is 509. The summed E-state index contributed by atoms with van der Waals surface area (Å²) in [6.45, 7) is 4.03. The summed E-state index contributed by atoms with van der Waals surface area (Å²) in [7, 11) is 0. The molecule has 3 nitrogen and oxygen atoms in total. The number of aliphatic carboxylic acids is 1. The number of carbonyl (C=O) groups is 1. The summed E-state index contributed by atoms with van der Waals surface area (Å²) in [6, 6.07) is 4.75. The molecule has 0 amide bonds. The molecule has 0 aliphatic carbocycles. The van der Waals surface area contributed by atoms with Crippen LogP contribution in [0.4, 0.5) is 4.39 Å². The van der Waals surface area contributed by atoms with Crippen LogP contribution in [0.3, 0.4) is 0 Å². The number of benzene rings is 1. The lowest BCUT2D eigenvalue weighted by atomic mass is 9.67. The van der Waals surface area contributed by atoms with Gasteiger partial charge in [-0.25, -0.2) is 4.39 Å². The Morgan fingerprint density at radius 3 is 2.63 bits per heavy atom. The van der Waals surface area contributed by atoms with Gasteiger partial charge in [0.25, 0.3) is 0 Å². The molecule has 1 aliphatic heterocycles. The lowest BCUT2D eigenvalue weighted by Crippen LogP contribution is -2.51. The van der Waals surface area contributed by atoms with E-state index in [0.717, 1.165) is 4.47 Å². The van der Waals surface area contributed by atoms with E-state index in [1.165, 1.54) is 6.07 Å². The Kier molecular flexibility index (Phi) is 3.71. The largest absolute Gasteiger partial charge is 0.481 e. The van der Waals surface area contributed by atoms with Crippen molar-refractivity contribution in [1.82, 2.24) is 0 Å². The highest BCUT2D eigenvalue weighted by Gasteiger charge is 2.48. The first-order chi connectivity index (χ1) is 8.77. The van der Waals surface area contributed by atoms with Gasteiger partial charge in [0.2, 0.25) is 0 Å². The number of halogens is 2. The molecule has 1 aromatic carbocycles. The van der Waals surface area contributed by atoms with Gasteiger partial charge in [0.15, 0.2) is 0 Å². The molecule has 1 N–H and O–H groups in total. The molecule has 0 radical (unpaired) electrons. The van der Waals surface area contributed by atoms with E-state index in [1.807, 2.05) is 0 Å². The molecule has 2 rings (SSSR count). The van der Waals surface area contributed by atoms with E-state index in [2.05, 4.69) is 15.9 Å². The molecule has 0 aromatic heterocycles. The average Bonchev–Trinajstić information content (AvgIpc) is 2.27. The van der Waals surface area contributed by atoms with E-state index in [9.17, 15) is 14.3 Å². The summed E-state index contributed by atoms with van der Waals surface area (Å²) >= 11 is 3.33. The van der Waals surface area contributed by atoms with Crippen LogP contribution in [-0.4, -0.2) is 24.3 Å². The highest BCUT2D eigenvalue weighted by molar-refractivity contribution is 9.10. The Balaban J connectivity index is 2.38. The number of hydrogen-bond acceptors (Lipinski definition) is 2. The minimum atomic E-state index is -0.918. The van der Waals surface area contributed by atoms with Crippen LogP contribution in [0.2, 0.25) is 0 Å². The van der Waals surface area contributed by atoms with Gasteiger partial charge < -0.3 is 9.84 Å². The number of ether oxygens (including phenoxy) is 1. The van der Waals surface area contributed by atoms with Crippen LogP contribution in [0.5, 0.6) is 0 Å². The monoisotopic (exact) mass is 330 g/mol. The van der Waals surface area contributed by atoms with Crippen LogP contribution >= 0.6 is 15.9 Å². The predicted molar refractivity (Wildman–Crippen MR) is 72.6 cm³/mol. The fourth-order valence-electron chi connectivity index (χ4n) is 2.53. The van der Waals surface area contributed by atoms with Crippen LogP contribution in [0.25, 0.3) is 0 Å². The van der Waals surface area contributed by atoms with Gasteiger partial charge in [-0.2, -0.15) is 0 Å². The van der Waals surface area contributed by atoms with Gasteiger partial charge in [0, 0.05) is 9.89 Å². The summed E-state index contributed by atoms with van der Waals surface area (Å²) in [5.41, 5.74) is -0.934. The molecule has 0 saturated carbocycles. The van der Waals surface area contributed by atoms with E-state index in [-0.39, 0.29) is 5.82 Å². The van der Waals surface area contributed by atoms with E-state index in [1.54, 1.807) is 26.0 Å². The normalized spacial score (nSPS) is 17.9. The predicted octanol–water partition coefficient (Wildman–Crippen LogP) is 3.36. The van der Waals surface area contributed by atoms with E-state index >= 15 is 0 Å². The van der Waals surface area contributed by atoms with Crippen molar-refractivity contribution in [3.63, 3.8) is 0 Å². The Morgan fingerprint density at radius 1 is 1.53 bits per heavy atom. The molecular formula is C14H16BrFO3. The molecule has 1 saturated heterocycles. The van der Waals surface area contributed by atoms with Crippen molar-refractivity contribution < 1.29 is 19.0 Å². The van der Waals surface area contributed by atoms with E-state index < -0.39 is 16.8 Å². The van der Waals surface area contributed by atoms with Gasteiger partial charge in [-0.15, -0.1) is 0 Å². The van der Waals surface area contributed by atoms with Gasteiger partial charge in [0.05, 0.1) is 18.6 Å². The van der Waals surface area contributed by atoms with Gasteiger partial charge in [-0.1, -0.05) is 15.9 Å². The van der Waals surface area contributed by atoms with Gasteiger partial charge in [0.1, 0.15) is 5.82 Å². The topological polar surface area (TPSA) is 46.5 Å². The minimum Gasteiger partial charge on any atom is -0.481 e. The first-order valence-corrected chi connectivity index (χ1v) is 6.83. The molecule has 5 heteroatoms. The molecule has 0 unspecified atom stereocenters. The maximum Gasteiger partial charge on any atom is 0.309 e. The third-order valence-corrected chi connectivity index (χ3v) is 4.11. The fraction of sp³-hybridized carbons (Fsp3) is 0.500. The molecule has 0 atom stereocenters.